The van der Waals surface area contributed by atoms with Gasteiger partial charge in [-0.05, 0) is 24.6 Å². The number of aromatic nitrogens is 1. The van der Waals surface area contributed by atoms with E-state index in [1.165, 1.54) is 9.71 Å². The third-order valence-corrected chi connectivity index (χ3v) is 3.61. The van der Waals surface area contributed by atoms with E-state index in [0.29, 0.717) is 5.92 Å². The monoisotopic (exact) mass is 206 g/mol. The Bertz CT molecular complexity index is 432. The Balaban J connectivity index is 2.66. The Morgan fingerprint density at radius 3 is 2.71 bits per heavy atom. The van der Waals surface area contributed by atoms with Crippen LogP contribution in [0, 0.1) is 6.92 Å². The van der Waals surface area contributed by atoms with E-state index in [4.69, 9.17) is 5.73 Å². The number of aryl methyl sites for hydroxylation is 1. The van der Waals surface area contributed by atoms with Crippen molar-refractivity contribution in [3.05, 3.63) is 22.7 Å². The molecule has 1 aromatic heterocycles. The van der Waals surface area contributed by atoms with Gasteiger partial charge in [0.05, 0.1) is 15.2 Å². The molecule has 0 saturated heterocycles. The van der Waals surface area contributed by atoms with Gasteiger partial charge in [0.1, 0.15) is 0 Å². The van der Waals surface area contributed by atoms with Gasteiger partial charge in [0.25, 0.3) is 0 Å². The Morgan fingerprint density at radius 1 is 1.36 bits per heavy atom. The fourth-order valence-corrected chi connectivity index (χ4v) is 2.36. The molecule has 0 aliphatic heterocycles. The van der Waals surface area contributed by atoms with E-state index in [9.17, 15) is 0 Å². The number of benzene rings is 1. The molecule has 3 heteroatoms. The maximum atomic E-state index is 5.85. The molecule has 2 N–H and O–H groups in total. The maximum absolute atomic E-state index is 5.85. The van der Waals surface area contributed by atoms with Gasteiger partial charge >= 0.3 is 0 Å². The first-order chi connectivity index (χ1) is 6.58. The SMILES string of the molecule is Cc1cc2nc(C(C)C)sc2cc1N. The maximum Gasteiger partial charge on any atom is 0.0963 e. The third-order valence-electron chi connectivity index (χ3n) is 2.29. The molecule has 0 bridgehead atoms. The van der Waals surface area contributed by atoms with Crippen molar-refractivity contribution in [2.24, 2.45) is 0 Å². The van der Waals surface area contributed by atoms with Crippen LogP contribution in [-0.4, -0.2) is 4.98 Å². The number of thiazole rings is 1. The molecule has 0 atom stereocenters. The van der Waals surface area contributed by atoms with E-state index in [-0.39, 0.29) is 0 Å². The van der Waals surface area contributed by atoms with Crippen LogP contribution >= 0.6 is 11.3 Å². The molecule has 0 amide bonds. The Labute approximate surface area is 87.8 Å². The molecule has 0 saturated carbocycles. The molecule has 2 nitrogen and oxygen atoms in total. The second kappa shape index (κ2) is 3.24. The van der Waals surface area contributed by atoms with Gasteiger partial charge in [-0.15, -0.1) is 11.3 Å². The van der Waals surface area contributed by atoms with E-state index in [0.717, 1.165) is 16.8 Å². The minimum absolute atomic E-state index is 0.494. The number of nitrogen functional groups attached to an aromatic ring is 1. The van der Waals surface area contributed by atoms with Gasteiger partial charge in [0, 0.05) is 11.6 Å². The fourth-order valence-electron chi connectivity index (χ4n) is 1.36. The summed E-state index contributed by atoms with van der Waals surface area (Å²) in [5.41, 5.74) is 8.89. The molecule has 0 spiro atoms. The molecule has 14 heavy (non-hydrogen) atoms. The Kier molecular flexibility index (Phi) is 2.19. The zero-order valence-electron chi connectivity index (χ0n) is 8.66. The predicted octanol–water partition coefficient (Wildman–Crippen LogP) is 3.31. The van der Waals surface area contributed by atoms with Gasteiger partial charge in [-0.2, -0.15) is 0 Å². The first kappa shape index (κ1) is 9.46. The minimum atomic E-state index is 0.494. The number of anilines is 1. The molecule has 0 aliphatic rings. The molecule has 2 rings (SSSR count). The molecule has 0 unspecified atom stereocenters. The number of hydrogen-bond acceptors (Lipinski definition) is 3. The predicted molar refractivity (Wildman–Crippen MR) is 62.9 cm³/mol. The number of nitrogens with zero attached hydrogens (tertiary/aromatic N) is 1. The van der Waals surface area contributed by atoms with Crippen molar-refractivity contribution in [3.63, 3.8) is 0 Å². The van der Waals surface area contributed by atoms with Gasteiger partial charge in [0.15, 0.2) is 0 Å². The summed E-state index contributed by atoms with van der Waals surface area (Å²) in [6, 6.07) is 4.08. The van der Waals surface area contributed by atoms with Crippen LogP contribution in [0.3, 0.4) is 0 Å². The first-order valence-electron chi connectivity index (χ1n) is 4.74. The highest BCUT2D eigenvalue weighted by atomic mass is 32.1. The summed E-state index contributed by atoms with van der Waals surface area (Å²) in [6.45, 7) is 6.34. The van der Waals surface area contributed by atoms with Gasteiger partial charge in [-0.3, -0.25) is 0 Å². The second-order valence-corrected chi connectivity index (χ2v) is 4.95. The molecule has 0 fully saturated rings. The Morgan fingerprint density at radius 2 is 2.07 bits per heavy atom. The van der Waals surface area contributed by atoms with E-state index in [1.807, 2.05) is 13.0 Å². The van der Waals surface area contributed by atoms with Crippen LogP contribution in [0.15, 0.2) is 12.1 Å². The lowest BCUT2D eigenvalue weighted by atomic mass is 10.2. The quantitative estimate of drug-likeness (QED) is 0.727. The van der Waals surface area contributed by atoms with Crippen LogP contribution in [0.4, 0.5) is 5.69 Å². The molecule has 1 aromatic carbocycles. The van der Waals surface area contributed by atoms with E-state index >= 15 is 0 Å². The van der Waals surface area contributed by atoms with Crippen LogP contribution in [0.25, 0.3) is 10.2 Å². The van der Waals surface area contributed by atoms with Gasteiger partial charge < -0.3 is 5.73 Å². The van der Waals surface area contributed by atoms with Crippen LogP contribution in [0.5, 0.6) is 0 Å². The molecule has 0 aliphatic carbocycles. The summed E-state index contributed by atoms with van der Waals surface area (Å²) in [7, 11) is 0. The minimum Gasteiger partial charge on any atom is -0.398 e. The van der Waals surface area contributed by atoms with Crippen LogP contribution in [0.2, 0.25) is 0 Å². The number of hydrogen-bond donors (Lipinski definition) is 1. The highest BCUT2D eigenvalue weighted by molar-refractivity contribution is 7.18. The molecular formula is C11H14N2S. The highest BCUT2D eigenvalue weighted by Gasteiger charge is 2.08. The van der Waals surface area contributed by atoms with Crippen LogP contribution < -0.4 is 5.73 Å². The largest absolute Gasteiger partial charge is 0.398 e. The summed E-state index contributed by atoms with van der Waals surface area (Å²) in [5.74, 6) is 0.494. The molecule has 2 aromatic rings. The van der Waals surface area contributed by atoms with Crippen molar-refractivity contribution in [1.82, 2.24) is 4.98 Å². The van der Waals surface area contributed by atoms with Crippen molar-refractivity contribution in [2.75, 3.05) is 5.73 Å². The van der Waals surface area contributed by atoms with Gasteiger partial charge in [0.2, 0.25) is 0 Å². The molecule has 0 radical (unpaired) electrons. The zero-order chi connectivity index (χ0) is 10.3. The summed E-state index contributed by atoms with van der Waals surface area (Å²) in [5, 5.41) is 1.19. The topological polar surface area (TPSA) is 38.9 Å². The average molecular weight is 206 g/mol. The summed E-state index contributed by atoms with van der Waals surface area (Å²) in [6.07, 6.45) is 0. The fraction of sp³-hybridized carbons (Fsp3) is 0.364. The smallest absolute Gasteiger partial charge is 0.0963 e. The molecule has 1 heterocycles. The van der Waals surface area contributed by atoms with Gasteiger partial charge in [-0.1, -0.05) is 13.8 Å². The number of nitrogens with two attached hydrogens (primary N) is 1. The van der Waals surface area contributed by atoms with Crippen LogP contribution in [0.1, 0.15) is 30.3 Å². The lowest BCUT2D eigenvalue weighted by molar-refractivity contribution is 0.857. The van der Waals surface area contributed by atoms with Crippen molar-refractivity contribution < 1.29 is 0 Å². The zero-order valence-corrected chi connectivity index (χ0v) is 9.48. The third kappa shape index (κ3) is 1.48. The summed E-state index contributed by atoms with van der Waals surface area (Å²) in [4.78, 5) is 4.58. The normalized spacial score (nSPS) is 11.4. The lowest BCUT2D eigenvalue weighted by Gasteiger charge is -1.97. The van der Waals surface area contributed by atoms with Gasteiger partial charge in [-0.25, -0.2) is 4.98 Å². The number of fused-ring (bicyclic) bond motifs is 1. The second-order valence-electron chi connectivity index (χ2n) is 3.88. The molecular weight excluding hydrogens is 192 g/mol. The van der Waals surface area contributed by atoms with Crippen molar-refractivity contribution >= 4 is 27.2 Å². The van der Waals surface area contributed by atoms with E-state index in [2.05, 4.69) is 24.9 Å². The van der Waals surface area contributed by atoms with Crippen molar-refractivity contribution in [2.45, 2.75) is 26.7 Å². The highest BCUT2D eigenvalue weighted by Crippen LogP contribution is 2.29. The first-order valence-corrected chi connectivity index (χ1v) is 5.56. The number of rotatable bonds is 1. The standard InChI is InChI=1S/C11H14N2S/c1-6(2)11-13-9-4-7(3)8(12)5-10(9)14-11/h4-6H,12H2,1-3H3. The van der Waals surface area contributed by atoms with Crippen LogP contribution in [-0.2, 0) is 0 Å². The average Bonchev–Trinajstić information content (AvgIpc) is 2.48. The van der Waals surface area contributed by atoms with Crippen molar-refractivity contribution in [1.29, 1.82) is 0 Å². The Hall–Kier alpha value is -1.09. The molecule has 74 valence electrons. The lowest BCUT2D eigenvalue weighted by Crippen LogP contribution is -1.88. The summed E-state index contributed by atoms with van der Waals surface area (Å²) >= 11 is 1.74. The summed E-state index contributed by atoms with van der Waals surface area (Å²) < 4.78 is 1.19. The van der Waals surface area contributed by atoms with E-state index in [1.54, 1.807) is 11.3 Å². The van der Waals surface area contributed by atoms with Crippen molar-refractivity contribution in [3.8, 4) is 0 Å². The van der Waals surface area contributed by atoms with E-state index < -0.39 is 0 Å².